The molecule has 3 N–H and O–H groups in total. The summed E-state index contributed by atoms with van der Waals surface area (Å²) in [7, 11) is 0. The van der Waals surface area contributed by atoms with Crippen LogP contribution in [0.4, 0.5) is 10.6 Å². The lowest BCUT2D eigenvalue weighted by molar-refractivity contribution is 0.0151. The Labute approximate surface area is 151 Å². The molecule has 2 amide bonds. The third-order valence-corrected chi connectivity index (χ3v) is 4.83. The number of hydrogen-bond acceptors (Lipinski definition) is 4. The van der Waals surface area contributed by atoms with Crippen molar-refractivity contribution in [3.8, 4) is 0 Å². The molecule has 1 atom stereocenters. The summed E-state index contributed by atoms with van der Waals surface area (Å²) in [5.41, 5.74) is 0.666. The molecule has 1 unspecified atom stereocenters. The van der Waals surface area contributed by atoms with E-state index in [0.717, 1.165) is 24.5 Å². The summed E-state index contributed by atoms with van der Waals surface area (Å²) in [5.74, 6) is 1.14. The zero-order valence-corrected chi connectivity index (χ0v) is 15.9. The van der Waals surface area contributed by atoms with E-state index in [0.29, 0.717) is 13.1 Å². The van der Waals surface area contributed by atoms with Gasteiger partial charge in [-0.05, 0) is 36.5 Å². The molecule has 0 radical (unpaired) electrons. The van der Waals surface area contributed by atoms with Gasteiger partial charge in [0.1, 0.15) is 5.82 Å². The first-order valence-electron chi connectivity index (χ1n) is 9.19. The number of aliphatic hydroxyl groups is 1. The van der Waals surface area contributed by atoms with Gasteiger partial charge in [0.05, 0.1) is 6.10 Å². The summed E-state index contributed by atoms with van der Waals surface area (Å²) in [5, 5.41) is 16.0. The van der Waals surface area contributed by atoms with Gasteiger partial charge in [0.15, 0.2) is 0 Å². The predicted molar refractivity (Wildman–Crippen MR) is 101 cm³/mol. The zero-order chi connectivity index (χ0) is 18.4. The molecular formula is C19H32N4O2. The Bertz CT molecular complexity index is 568. The summed E-state index contributed by atoms with van der Waals surface area (Å²) in [6.07, 6.45) is 3.76. The monoisotopic (exact) mass is 348 g/mol. The van der Waals surface area contributed by atoms with Gasteiger partial charge in [0.2, 0.25) is 0 Å². The number of urea groups is 1. The molecule has 6 nitrogen and oxygen atoms in total. The molecule has 140 valence electrons. The van der Waals surface area contributed by atoms with Gasteiger partial charge in [-0.25, -0.2) is 9.78 Å². The zero-order valence-electron chi connectivity index (χ0n) is 15.9. The van der Waals surface area contributed by atoms with Gasteiger partial charge in [0, 0.05) is 37.8 Å². The summed E-state index contributed by atoms with van der Waals surface area (Å²) in [4.78, 5) is 18.8. The molecular weight excluding hydrogens is 316 g/mol. The van der Waals surface area contributed by atoms with E-state index in [1.807, 2.05) is 39.8 Å². The standard InChI is InChI=1S/C19H32N4O2/c1-14(2)17(24)19(3,4)13-22-18(25)21-12-15-7-8-20-16(11-15)23-9-5-6-10-23/h7-8,11,14,17,24H,5-6,9-10,12-13H2,1-4H3,(H2,21,22,25). The highest BCUT2D eigenvalue weighted by atomic mass is 16.3. The van der Waals surface area contributed by atoms with Crippen LogP contribution < -0.4 is 15.5 Å². The van der Waals surface area contributed by atoms with Gasteiger partial charge in [-0.2, -0.15) is 0 Å². The van der Waals surface area contributed by atoms with E-state index in [1.165, 1.54) is 12.8 Å². The number of nitrogens with zero attached hydrogens (tertiary/aromatic N) is 2. The maximum Gasteiger partial charge on any atom is 0.315 e. The van der Waals surface area contributed by atoms with E-state index in [-0.39, 0.29) is 17.4 Å². The molecule has 1 aliphatic heterocycles. The molecule has 2 heterocycles. The van der Waals surface area contributed by atoms with Crippen molar-refractivity contribution in [1.82, 2.24) is 15.6 Å². The third-order valence-electron chi connectivity index (χ3n) is 4.83. The Kier molecular flexibility index (Phi) is 6.64. The largest absolute Gasteiger partial charge is 0.392 e. The highest BCUT2D eigenvalue weighted by Gasteiger charge is 2.30. The van der Waals surface area contributed by atoms with Crippen LogP contribution in [0.5, 0.6) is 0 Å². The van der Waals surface area contributed by atoms with E-state index < -0.39 is 6.10 Å². The molecule has 2 rings (SSSR count). The van der Waals surface area contributed by atoms with Crippen molar-refractivity contribution < 1.29 is 9.90 Å². The van der Waals surface area contributed by atoms with Crippen molar-refractivity contribution in [3.63, 3.8) is 0 Å². The molecule has 0 saturated carbocycles. The molecule has 1 fully saturated rings. The summed E-state index contributed by atoms with van der Waals surface area (Å²) in [6.45, 7) is 10.9. The fraction of sp³-hybridized carbons (Fsp3) is 0.684. The van der Waals surface area contributed by atoms with E-state index >= 15 is 0 Å². The normalized spacial score (nSPS) is 16.2. The topological polar surface area (TPSA) is 77.5 Å². The fourth-order valence-corrected chi connectivity index (χ4v) is 3.25. The van der Waals surface area contributed by atoms with Gasteiger partial charge < -0.3 is 20.6 Å². The lowest BCUT2D eigenvalue weighted by atomic mass is 9.81. The van der Waals surface area contributed by atoms with Crippen molar-refractivity contribution in [3.05, 3.63) is 23.9 Å². The van der Waals surface area contributed by atoms with Crippen LogP contribution in [0.2, 0.25) is 0 Å². The number of rotatable bonds is 7. The number of carbonyl (C=O) groups is 1. The maximum absolute atomic E-state index is 12.1. The first-order chi connectivity index (χ1) is 11.8. The maximum atomic E-state index is 12.1. The van der Waals surface area contributed by atoms with E-state index in [2.05, 4.69) is 20.5 Å². The Morgan fingerprint density at radius 2 is 2.00 bits per heavy atom. The van der Waals surface area contributed by atoms with Gasteiger partial charge in [-0.15, -0.1) is 0 Å². The minimum Gasteiger partial charge on any atom is -0.392 e. The highest BCUT2D eigenvalue weighted by molar-refractivity contribution is 5.73. The average molecular weight is 348 g/mol. The molecule has 1 aromatic heterocycles. The lowest BCUT2D eigenvalue weighted by Gasteiger charge is -2.33. The van der Waals surface area contributed by atoms with Crippen LogP contribution in [-0.4, -0.2) is 41.9 Å². The summed E-state index contributed by atoms with van der Waals surface area (Å²) >= 11 is 0. The number of pyridine rings is 1. The third kappa shape index (κ3) is 5.59. The Morgan fingerprint density at radius 3 is 2.64 bits per heavy atom. The van der Waals surface area contributed by atoms with Crippen LogP contribution in [0.15, 0.2) is 18.3 Å². The minimum atomic E-state index is -0.462. The molecule has 6 heteroatoms. The minimum absolute atomic E-state index is 0.153. The first kappa shape index (κ1) is 19.5. The second-order valence-electron chi connectivity index (χ2n) is 7.93. The molecule has 0 aliphatic carbocycles. The summed E-state index contributed by atoms with van der Waals surface area (Å²) in [6, 6.07) is 3.74. The average Bonchev–Trinajstić information content (AvgIpc) is 3.12. The van der Waals surface area contributed by atoms with Crippen molar-refractivity contribution in [2.45, 2.75) is 53.2 Å². The van der Waals surface area contributed by atoms with Crippen molar-refractivity contribution in [2.24, 2.45) is 11.3 Å². The van der Waals surface area contributed by atoms with Gasteiger partial charge in [-0.3, -0.25) is 0 Å². The number of aromatic nitrogens is 1. The van der Waals surface area contributed by atoms with Crippen LogP contribution in [0.25, 0.3) is 0 Å². The van der Waals surface area contributed by atoms with Crippen LogP contribution in [0.1, 0.15) is 46.1 Å². The number of nitrogens with one attached hydrogen (secondary N) is 2. The van der Waals surface area contributed by atoms with E-state index in [1.54, 1.807) is 6.20 Å². The van der Waals surface area contributed by atoms with Crippen molar-refractivity contribution in [1.29, 1.82) is 0 Å². The Morgan fingerprint density at radius 1 is 1.32 bits per heavy atom. The van der Waals surface area contributed by atoms with Crippen LogP contribution in [0, 0.1) is 11.3 Å². The van der Waals surface area contributed by atoms with Gasteiger partial charge >= 0.3 is 6.03 Å². The van der Waals surface area contributed by atoms with E-state index in [9.17, 15) is 9.90 Å². The molecule has 0 spiro atoms. The highest BCUT2D eigenvalue weighted by Crippen LogP contribution is 2.25. The summed E-state index contributed by atoms with van der Waals surface area (Å²) < 4.78 is 0. The molecule has 0 aromatic carbocycles. The van der Waals surface area contributed by atoms with Crippen LogP contribution >= 0.6 is 0 Å². The smallest absolute Gasteiger partial charge is 0.315 e. The lowest BCUT2D eigenvalue weighted by Crippen LogP contribution is -2.46. The first-order valence-corrected chi connectivity index (χ1v) is 9.19. The predicted octanol–water partition coefficient (Wildman–Crippen LogP) is 2.52. The number of amides is 2. The molecule has 1 aliphatic rings. The van der Waals surface area contributed by atoms with Crippen LogP contribution in [0.3, 0.4) is 0 Å². The van der Waals surface area contributed by atoms with Crippen molar-refractivity contribution in [2.75, 3.05) is 24.5 Å². The quantitative estimate of drug-likeness (QED) is 0.708. The number of aliphatic hydroxyl groups excluding tert-OH is 1. The van der Waals surface area contributed by atoms with Gasteiger partial charge in [0.25, 0.3) is 0 Å². The molecule has 0 bridgehead atoms. The Balaban J connectivity index is 1.81. The second-order valence-corrected chi connectivity index (χ2v) is 7.93. The molecule has 25 heavy (non-hydrogen) atoms. The number of anilines is 1. The molecule has 1 saturated heterocycles. The molecule has 1 aromatic rings. The number of carbonyl (C=O) groups excluding carboxylic acids is 1. The second kappa shape index (κ2) is 8.52. The Hall–Kier alpha value is -1.82. The van der Waals surface area contributed by atoms with Crippen LogP contribution in [-0.2, 0) is 6.54 Å². The fourth-order valence-electron chi connectivity index (χ4n) is 3.25. The van der Waals surface area contributed by atoms with Crippen molar-refractivity contribution >= 4 is 11.8 Å². The van der Waals surface area contributed by atoms with Gasteiger partial charge in [-0.1, -0.05) is 27.7 Å². The number of hydrogen-bond donors (Lipinski definition) is 3. The SMILES string of the molecule is CC(C)C(O)C(C)(C)CNC(=O)NCc1ccnc(N2CCCC2)c1. The van der Waals surface area contributed by atoms with E-state index in [4.69, 9.17) is 0 Å².